The Balaban J connectivity index is 2.61. The van der Waals surface area contributed by atoms with Gasteiger partial charge in [-0.1, -0.05) is 12.1 Å². The van der Waals surface area contributed by atoms with Crippen LogP contribution in [0, 0.1) is 20.8 Å². The smallest absolute Gasteiger partial charge is 0.339 e. The zero-order valence-electron chi connectivity index (χ0n) is 10.1. The minimum atomic E-state index is -0.945. The van der Waals surface area contributed by atoms with Gasteiger partial charge in [0, 0.05) is 0 Å². The van der Waals surface area contributed by atoms with Gasteiger partial charge in [-0.2, -0.15) is 5.10 Å². The number of hydrogen-bond acceptors (Lipinski definition) is 2. The molecule has 0 aliphatic carbocycles. The molecule has 1 heterocycles. The van der Waals surface area contributed by atoms with Crippen LogP contribution in [-0.4, -0.2) is 20.9 Å². The quantitative estimate of drug-likeness (QED) is 0.862. The number of benzene rings is 1. The van der Waals surface area contributed by atoms with Gasteiger partial charge in [0.2, 0.25) is 0 Å². The van der Waals surface area contributed by atoms with Crippen LogP contribution in [-0.2, 0) is 0 Å². The Labute approximate surface area is 99.5 Å². The van der Waals surface area contributed by atoms with E-state index in [4.69, 9.17) is 5.11 Å². The van der Waals surface area contributed by atoms with Crippen LogP contribution in [0.3, 0.4) is 0 Å². The van der Waals surface area contributed by atoms with Crippen LogP contribution in [0.2, 0.25) is 0 Å². The van der Waals surface area contributed by atoms with Crippen molar-refractivity contribution in [2.24, 2.45) is 0 Å². The van der Waals surface area contributed by atoms with E-state index in [1.807, 2.05) is 32.0 Å². The standard InChI is InChI=1S/C13H14N2O2/c1-8-4-5-9(2)12(6-8)15-10(3)11(7-14-15)13(16)17/h4-7H,1-3H3,(H,16,17). The first-order valence-corrected chi connectivity index (χ1v) is 5.36. The molecule has 0 unspecified atom stereocenters. The highest BCUT2D eigenvalue weighted by atomic mass is 16.4. The van der Waals surface area contributed by atoms with E-state index in [1.54, 1.807) is 11.6 Å². The number of carbonyl (C=O) groups is 1. The lowest BCUT2D eigenvalue weighted by atomic mass is 10.1. The lowest BCUT2D eigenvalue weighted by molar-refractivity contribution is 0.0696. The summed E-state index contributed by atoms with van der Waals surface area (Å²) in [4.78, 5) is 11.0. The first-order valence-electron chi connectivity index (χ1n) is 5.36. The normalized spacial score (nSPS) is 10.5. The van der Waals surface area contributed by atoms with Gasteiger partial charge in [-0.25, -0.2) is 9.48 Å². The summed E-state index contributed by atoms with van der Waals surface area (Å²) < 4.78 is 1.67. The highest BCUT2D eigenvalue weighted by molar-refractivity contribution is 5.88. The van der Waals surface area contributed by atoms with Gasteiger partial charge in [0.1, 0.15) is 5.56 Å². The van der Waals surface area contributed by atoms with E-state index in [1.165, 1.54) is 6.20 Å². The Hall–Kier alpha value is -2.10. The molecule has 0 atom stereocenters. The van der Waals surface area contributed by atoms with Gasteiger partial charge >= 0.3 is 5.97 Å². The molecule has 0 amide bonds. The van der Waals surface area contributed by atoms with Crippen LogP contribution in [0.15, 0.2) is 24.4 Å². The molecule has 88 valence electrons. The molecular formula is C13H14N2O2. The molecule has 2 rings (SSSR count). The second-order valence-corrected chi connectivity index (χ2v) is 4.15. The van der Waals surface area contributed by atoms with Crippen molar-refractivity contribution in [2.75, 3.05) is 0 Å². The van der Waals surface area contributed by atoms with Crippen molar-refractivity contribution in [1.82, 2.24) is 9.78 Å². The Kier molecular flexibility index (Phi) is 2.71. The van der Waals surface area contributed by atoms with Crippen molar-refractivity contribution in [3.8, 4) is 5.69 Å². The topological polar surface area (TPSA) is 55.1 Å². The van der Waals surface area contributed by atoms with Crippen molar-refractivity contribution in [2.45, 2.75) is 20.8 Å². The number of nitrogens with zero attached hydrogens (tertiary/aromatic N) is 2. The number of carboxylic acid groups (broad SMARTS) is 1. The average Bonchev–Trinajstić information content (AvgIpc) is 2.64. The summed E-state index contributed by atoms with van der Waals surface area (Å²) in [5, 5.41) is 13.1. The minimum Gasteiger partial charge on any atom is -0.478 e. The van der Waals surface area contributed by atoms with Crippen molar-refractivity contribution >= 4 is 5.97 Å². The molecule has 1 N–H and O–H groups in total. The number of aromatic nitrogens is 2. The molecule has 4 heteroatoms. The maximum absolute atomic E-state index is 11.0. The van der Waals surface area contributed by atoms with E-state index < -0.39 is 5.97 Å². The Morgan fingerprint density at radius 2 is 2.00 bits per heavy atom. The lowest BCUT2D eigenvalue weighted by Crippen LogP contribution is -2.04. The van der Waals surface area contributed by atoms with Crippen LogP contribution in [0.25, 0.3) is 5.69 Å². The monoisotopic (exact) mass is 230 g/mol. The second kappa shape index (κ2) is 4.05. The van der Waals surface area contributed by atoms with Crippen LogP contribution < -0.4 is 0 Å². The minimum absolute atomic E-state index is 0.242. The van der Waals surface area contributed by atoms with Crippen LogP contribution in [0.1, 0.15) is 27.2 Å². The third kappa shape index (κ3) is 1.93. The van der Waals surface area contributed by atoms with E-state index in [2.05, 4.69) is 5.10 Å². The van der Waals surface area contributed by atoms with Gasteiger partial charge in [-0.15, -0.1) is 0 Å². The highest BCUT2D eigenvalue weighted by Gasteiger charge is 2.14. The van der Waals surface area contributed by atoms with Crippen LogP contribution in [0.5, 0.6) is 0 Å². The Bertz CT molecular complexity index is 585. The number of aromatic carboxylic acids is 1. The fraction of sp³-hybridized carbons (Fsp3) is 0.231. The molecule has 1 aromatic carbocycles. The van der Waals surface area contributed by atoms with Gasteiger partial charge in [-0.05, 0) is 38.0 Å². The van der Waals surface area contributed by atoms with E-state index in [9.17, 15) is 4.79 Å². The largest absolute Gasteiger partial charge is 0.478 e. The van der Waals surface area contributed by atoms with E-state index in [-0.39, 0.29) is 5.56 Å². The maximum atomic E-state index is 11.0. The maximum Gasteiger partial charge on any atom is 0.339 e. The average molecular weight is 230 g/mol. The molecule has 0 saturated heterocycles. The molecule has 2 aromatic rings. The third-order valence-electron chi connectivity index (χ3n) is 2.83. The Morgan fingerprint density at radius 3 is 2.59 bits per heavy atom. The fourth-order valence-corrected chi connectivity index (χ4v) is 1.81. The molecule has 0 spiro atoms. The molecule has 0 aliphatic heterocycles. The number of aryl methyl sites for hydroxylation is 2. The number of rotatable bonds is 2. The molecule has 17 heavy (non-hydrogen) atoms. The van der Waals surface area contributed by atoms with Crippen LogP contribution >= 0.6 is 0 Å². The highest BCUT2D eigenvalue weighted by Crippen LogP contribution is 2.19. The first-order chi connectivity index (χ1) is 8.00. The number of hydrogen-bond donors (Lipinski definition) is 1. The summed E-state index contributed by atoms with van der Waals surface area (Å²) in [6.07, 6.45) is 1.39. The second-order valence-electron chi connectivity index (χ2n) is 4.15. The summed E-state index contributed by atoms with van der Waals surface area (Å²) in [6.45, 7) is 5.74. The molecule has 0 saturated carbocycles. The van der Waals surface area contributed by atoms with Crippen LogP contribution in [0.4, 0.5) is 0 Å². The van der Waals surface area contributed by atoms with E-state index >= 15 is 0 Å². The predicted octanol–water partition coefficient (Wildman–Crippen LogP) is 2.50. The molecule has 0 radical (unpaired) electrons. The van der Waals surface area contributed by atoms with Gasteiger partial charge in [0.05, 0.1) is 17.6 Å². The molecule has 0 bridgehead atoms. The summed E-state index contributed by atoms with van der Waals surface area (Å²) in [6, 6.07) is 6.03. The van der Waals surface area contributed by atoms with Crippen molar-refractivity contribution in [1.29, 1.82) is 0 Å². The summed E-state index contributed by atoms with van der Waals surface area (Å²) in [5.74, 6) is -0.945. The molecule has 0 fully saturated rings. The van der Waals surface area contributed by atoms with Gasteiger partial charge in [-0.3, -0.25) is 0 Å². The molecular weight excluding hydrogens is 216 g/mol. The summed E-state index contributed by atoms with van der Waals surface area (Å²) in [5.41, 5.74) is 4.00. The van der Waals surface area contributed by atoms with E-state index in [0.717, 1.165) is 16.8 Å². The zero-order chi connectivity index (χ0) is 12.6. The van der Waals surface area contributed by atoms with Gasteiger partial charge < -0.3 is 5.11 Å². The third-order valence-corrected chi connectivity index (χ3v) is 2.83. The summed E-state index contributed by atoms with van der Waals surface area (Å²) in [7, 11) is 0. The van der Waals surface area contributed by atoms with E-state index in [0.29, 0.717) is 5.69 Å². The van der Waals surface area contributed by atoms with Crippen molar-refractivity contribution in [3.63, 3.8) is 0 Å². The first kappa shape index (κ1) is 11.4. The van der Waals surface area contributed by atoms with Crippen molar-refractivity contribution in [3.05, 3.63) is 46.8 Å². The SMILES string of the molecule is Cc1ccc(C)c(-n2ncc(C(=O)O)c2C)c1. The molecule has 4 nitrogen and oxygen atoms in total. The fourth-order valence-electron chi connectivity index (χ4n) is 1.81. The predicted molar refractivity (Wildman–Crippen MR) is 64.7 cm³/mol. The summed E-state index contributed by atoms with van der Waals surface area (Å²) >= 11 is 0. The lowest BCUT2D eigenvalue weighted by Gasteiger charge is -2.09. The molecule has 0 aliphatic rings. The van der Waals surface area contributed by atoms with Crippen molar-refractivity contribution < 1.29 is 9.90 Å². The number of carboxylic acids is 1. The molecule has 1 aromatic heterocycles. The zero-order valence-corrected chi connectivity index (χ0v) is 10.1. The van der Waals surface area contributed by atoms with Gasteiger partial charge in [0.15, 0.2) is 0 Å². The Morgan fingerprint density at radius 1 is 1.29 bits per heavy atom. The van der Waals surface area contributed by atoms with Gasteiger partial charge in [0.25, 0.3) is 0 Å².